The first-order chi connectivity index (χ1) is 11.7. The number of piperidine rings is 1. The largest absolute Gasteiger partial charge is 0.370 e. The summed E-state index contributed by atoms with van der Waals surface area (Å²) in [6.07, 6.45) is 6.10. The summed E-state index contributed by atoms with van der Waals surface area (Å²) in [5.41, 5.74) is 1.17. The van der Waals surface area contributed by atoms with Crippen molar-refractivity contribution in [1.82, 2.24) is 9.97 Å². The molecule has 1 fully saturated rings. The lowest BCUT2D eigenvalue weighted by Crippen LogP contribution is -2.30. The van der Waals surface area contributed by atoms with Crippen LogP contribution in [-0.2, 0) is 6.42 Å². The summed E-state index contributed by atoms with van der Waals surface area (Å²) in [6.45, 7) is 2.83. The van der Waals surface area contributed by atoms with Crippen molar-refractivity contribution < 1.29 is 4.92 Å². The summed E-state index contributed by atoms with van der Waals surface area (Å²) in [5, 5.41) is 13.9. The lowest BCUT2D eigenvalue weighted by Gasteiger charge is -2.27. The number of nitro groups is 1. The predicted octanol–water partition coefficient (Wildman–Crippen LogP) is 3.03. The lowest BCUT2D eigenvalue weighted by atomic mass is 10.1. The van der Waals surface area contributed by atoms with Crippen LogP contribution in [0.15, 0.2) is 36.7 Å². The molecule has 1 aromatic carbocycles. The number of aromatic nitrogens is 2. The molecule has 0 aliphatic carbocycles. The normalized spacial score (nSPS) is 14.4. The fraction of sp³-hybridized carbons (Fsp3) is 0.412. The zero-order valence-electron chi connectivity index (χ0n) is 13.5. The second-order valence-corrected chi connectivity index (χ2v) is 5.91. The van der Waals surface area contributed by atoms with Crippen molar-refractivity contribution in [3.05, 3.63) is 52.3 Å². The van der Waals surface area contributed by atoms with E-state index in [1.54, 1.807) is 18.5 Å². The summed E-state index contributed by atoms with van der Waals surface area (Å²) in [6, 6.07) is 8.64. The molecule has 1 aliphatic heterocycles. The fourth-order valence-electron chi connectivity index (χ4n) is 2.86. The van der Waals surface area contributed by atoms with E-state index in [0.29, 0.717) is 6.54 Å². The van der Waals surface area contributed by atoms with Crippen molar-refractivity contribution in [2.75, 3.05) is 29.9 Å². The highest BCUT2D eigenvalue weighted by molar-refractivity contribution is 5.48. The maximum atomic E-state index is 10.6. The Morgan fingerprint density at radius 2 is 1.88 bits per heavy atom. The van der Waals surface area contributed by atoms with Crippen LogP contribution in [0.1, 0.15) is 24.8 Å². The maximum Gasteiger partial charge on any atom is 0.269 e. The SMILES string of the molecule is O=[N+]([O-])c1ccc(CCNc2cc(N3CCCCC3)ncn2)cc1. The zero-order chi connectivity index (χ0) is 16.8. The van der Waals surface area contributed by atoms with Crippen molar-refractivity contribution >= 4 is 17.3 Å². The molecule has 0 amide bonds. The molecule has 126 valence electrons. The van der Waals surface area contributed by atoms with Gasteiger partial charge in [-0.25, -0.2) is 9.97 Å². The van der Waals surface area contributed by atoms with E-state index in [9.17, 15) is 10.1 Å². The Bertz CT molecular complexity index is 684. The van der Waals surface area contributed by atoms with Crippen molar-refractivity contribution in [3.8, 4) is 0 Å². The van der Waals surface area contributed by atoms with Crippen LogP contribution < -0.4 is 10.2 Å². The number of anilines is 2. The molecule has 0 spiro atoms. The van der Waals surface area contributed by atoms with Crippen LogP contribution in [0.25, 0.3) is 0 Å². The molecule has 0 saturated carbocycles. The third kappa shape index (κ3) is 4.18. The van der Waals surface area contributed by atoms with Gasteiger partial charge in [0.05, 0.1) is 4.92 Å². The highest BCUT2D eigenvalue weighted by atomic mass is 16.6. The van der Waals surface area contributed by atoms with Gasteiger partial charge in [0.1, 0.15) is 18.0 Å². The molecule has 24 heavy (non-hydrogen) atoms. The van der Waals surface area contributed by atoms with E-state index in [2.05, 4.69) is 20.2 Å². The molecular weight excluding hydrogens is 306 g/mol. The Kier molecular flexibility index (Phi) is 5.20. The first-order valence-corrected chi connectivity index (χ1v) is 8.26. The van der Waals surface area contributed by atoms with Crippen LogP contribution in [0.3, 0.4) is 0 Å². The van der Waals surface area contributed by atoms with Crippen LogP contribution in [0.5, 0.6) is 0 Å². The molecule has 1 N–H and O–H groups in total. The van der Waals surface area contributed by atoms with Crippen LogP contribution in [0.4, 0.5) is 17.3 Å². The number of nitro benzene ring substituents is 1. The average molecular weight is 327 g/mol. The van der Waals surface area contributed by atoms with Gasteiger partial charge in [-0.05, 0) is 31.2 Å². The third-order valence-corrected chi connectivity index (χ3v) is 4.20. The molecule has 2 heterocycles. The van der Waals surface area contributed by atoms with Crippen molar-refractivity contribution in [2.24, 2.45) is 0 Å². The Labute approximate surface area is 140 Å². The molecule has 0 unspecified atom stereocenters. The highest BCUT2D eigenvalue weighted by Gasteiger charge is 2.12. The van der Waals surface area contributed by atoms with Gasteiger partial charge in [-0.3, -0.25) is 10.1 Å². The standard InChI is InChI=1S/C17H21N5O2/c23-22(24)15-6-4-14(5-7-15)8-9-18-16-12-17(20-13-19-16)21-10-2-1-3-11-21/h4-7,12-13H,1-3,8-11H2,(H,18,19,20). The minimum Gasteiger partial charge on any atom is -0.370 e. The quantitative estimate of drug-likeness (QED) is 0.648. The smallest absolute Gasteiger partial charge is 0.269 e. The Hall–Kier alpha value is -2.70. The van der Waals surface area contributed by atoms with Gasteiger partial charge in [0.15, 0.2) is 0 Å². The molecule has 1 aromatic heterocycles. The Balaban J connectivity index is 1.53. The first-order valence-electron chi connectivity index (χ1n) is 8.26. The molecular formula is C17H21N5O2. The monoisotopic (exact) mass is 327 g/mol. The van der Waals surface area contributed by atoms with Gasteiger partial charge in [0.2, 0.25) is 0 Å². The number of rotatable bonds is 6. The predicted molar refractivity (Wildman–Crippen MR) is 93.4 cm³/mol. The number of nitrogens with one attached hydrogen (secondary N) is 1. The number of hydrogen-bond donors (Lipinski definition) is 1. The van der Waals surface area contributed by atoms with Gasteiger partial charge in [-0.1, -0.05) is 12.1 Å². The topological polar surface area (TPSA) is 84.2 Å². The third-order valence-electron chi connectivity index (χ3n) is 4.20. The minimum atomic E-state index is -0.384. The van der Waals surface area contributed by atoms with E-state index < -0.39 is 0 Å². The Morgan fingerprint density at radius 3 is 2.58 bits per heavy atom. The fourth-order valence-corrected chi connectivity index (χ4v) is 2.86. The zero-order valence-corrected chi connectivity index (χ0v) is 13.5. The van der Waals surface area contributed by atoms with E-state index >= 15 is 0 Å². The van der Waals surface area contributed by atoms with Crippen molar-refractivity contribution in [3.63, 3.8) is 0 Å². The van der Waals surface area contributed by atoms with Gasteiger partial charge in [0, 0.05) is 37.8 Å². The summed E-state index contributed by atoms with van der Waals surface area (Å²) in [4.78, 5) is 21.2. The van der Waals surface area contributed by atoms with Gasteiger partial charge >= 0.3 is 0 Å². The van der Waals surface area contributed by atoms with Crippen molar-refractivity contribution in [1.29, 1.82) is 0 Å². The van der Waals surface area contributed by atoms with E-state index in [4.69, 9.17) is 0 Å². The number of nitrogens with zero attached hydrogens (tertiary/aromatic N) is 4. The minimum absolute atomic E-state index is 0.119. The van der Waals surface area contributed by atoms with Gasteiger partial charge in [-0.2, -0.15) is 0 Å². The molecule has 1 aliphatic rings. The number of non-ortho nitro benzene ring substituents is 1. The van der Waals surface area contributed by atoms with E-state index in [1.807, 2.05) is 6.07 Å². The first kappa shape index (κ1) is 16.2. The van der Waals surface area contributed by atoms with Crippen LogP contribution >= 0.6 is 0 Å². The summed E-state index contributed by atoms with van der Waals surface area (Å²) in [5.74, 6) is 1.79. The van der Waals surface area contributed by atoms with Gasteiger partial charge in [0.25, 0.3) is 5.69 Å². The molecule has 0 radical (unpaired) electrons. The molecule has 7 heteroatoms. The maximum absolute atomic E-state index is 10.6. The van der Waals surface area contributed by atoms with Crippen LogP contribution in [0.2, 0.25) is 0 Å². The summed E-state index contributed by atoms with van der Waals surface area (Å²) in [7, 11) is 0. The van der Waals surface area contributed by atoms with Crippen LogP contribution in [0, 0.1) is 10.1 Å². The van der Waals surface area contributed by atoms with E-state index in [-0.39, 0.29) is 10.6 Å². The number of hydrogen-bond acceptors (Lipinski definition) is 6. The molecule has 2 aromatic rings. The van der Waals surface area contributed by atoms with E-state index in [1.165, 1.54) is 31.4 Å². The summed E-state index contributed by atoms with van der Waals surface area (Å²) < 4.78 is 0. The van der Waals surface area contributed by atoms with Gasteiger partial charge < -0.3 is 10.2 Å². The van der Waals surface area contributed by atoms with Crippen molar-refractivity contribution in [2.45, 2.75) is 25.7 Å². The number of benzene rings is 1. The molecule has 7 nitrogen and oxygen atoms in total. The second-order valence-electron chi connectivity index (χ2n) is 5.91. The highest BCUT2D eigenvalue weighted by Crippen LogP contribution is 2.19. The molecule has 1 saturated heterocycles. The summed E-state index contributed by atoms with van der Waals surface area (Å²) >= 11 is 0. The molecule has 0 bridgehead atoms. The van der Waals surface area contributed by atoms with Gasteiger partial charge in [-0.15, -0.1) is 0 Å². The average Bonchev–Trinajstić information content (AvgIpc) is 2.63. The second kappa shape index (κ2) is 7.72. The molecule has 3 rings (SSSR count). The lowest BCUT2D eigenvalue weighted by molar-refractivity contribution is -0.384. The molecule has 0 atom stereocenters. The van der Waals surface area contributed by atoms with Crippen LogP contribution in [-0.4, -0.2) is 34.5 Å². The Morgan fingerprint density at radius 1 is 1.12 bits per heavy atom. The van der Waals surface area contributed by atoms with E-state index in [0.717, 1.165) is 36.7 Å².